The van der Waals surface area contributed by atoms with E-state index in [1.54, 1.807) is 22.7 Å². The molecule has 1 aromatic heterocycles. The molecule has 0 aliphatic carbocycles. The summed E-state index contributed by atoms with van der Waals surface area (Å²) in [5.41, 5.74) is 7.46. The van der Waals surface area contributed by atoms with Crippen LogP contribution >= 0.6 is 11.8 Å². The van der Waals surface area contributed by atoms with E-state index in [9.17, 15) is 9.90 Å². The average Bonchev–Trinajstić information content (AvgIpc) is 2.46. The molecule has 0 unspecified atom stereocenters. The van der Waals surface area contributed by atoms with Crippen molar-refractivity contribution in [3.8, 4) is 5.75 Å². The second-order valence-electron chi connectivity index (χ2n) is 4.43. The fourth-order valence-corrected chi connectivity index (χ4v) is 3.13. The molecule has 0 saturated heterocycles. The fourth-order valence-electron chi connectivity index (χ4n) is 2.16. The Hall–Kier alpha value is -2.21. The molecule has 1 aliphatic heterocycles. The number of thioether (sulfide) groups is 1. The molecule has 20 heavy (non-hydrogen) atoms. The predicted octanol–water partition coefficient (Wildman–Crippen LogP) is 2.12. The fraction of sp³-hybridized carbons (Fsp3) is 0.143. The Kier molecular flexibility index (Phi) is 3.23. The monoisotopic (exact) mass is 287 g/mol. The van der Waals surface area contributed by atoms with E-state index in [2.05, 4.69) is 4.98 Å². The molecule has 3 N–H and O–H groups in total. The number of rotatable bonds is 1. The van der Waals surface area contributed by atoms with Gasteiger partial charge in [-0.1, -0.05) is 0 Å². The first kappa shape index (κ1) is 12.8. The highest BCUT2D eigenvalue weighted by Gasteiger charge is 2.25. The molecule has 2 heterocycles. The third-order valence-corrected chi connectivity index (χ3v) is 4.16. The lowest BCUT2D eigenvalue weighted by Crippen LogP contribution is -2.35. The molecule has 102 valence electrons. The maximum Gasteiger partial charge on any atom is 0.262 e. The van der Waals surface area contributed by atoms with Gasteiger partial charge in [-0.05, 0) is 24.3 Å². The van der Waals surface area contributed by atoms with Crippen LogP contribution < -0.4 is 10.6 Å². The SMILES string of the molecule is Nc1ccc2c(c1)N(C(=O)c1ccncc1O)CCS2. The van der Waals surface area contributed by atoms with Gasteiger partial charge in [0.15, 0.2) is 0 Å². The molecule has 1 aliphatic rings. The normalized spacial score (nSPS) is 13.9. The Bertz CT molecular complexity index is 675. The Morgan fingerprint density at radius 3 is 3.05 bits per heavy atom. The summed E-state index contributed by atoms with van der Waals surface area (Å²) < 4.78 is 0. The Labute approximate surface area is 120 Å². The Morgan fingerprint density at radius 1 is 1.40 bits per heavy atom. The van der Waals surface area contributed by atoms with Crippen molar-refractivity contribution in [2.24, 2.45) is 0 Å². The summed E-state index contributed by atoms with van der Waals surface area (Å²) in [4.78, 5) is 19.0. The molecule has 0 fully saturated rings. The van der Waals surface area contributed by atoms with E-state index in [1.165, 1.54) is 18.5 Å². The van der Waals surface area contributed by atoms with Gasteiger partial charge in [-0.2, -0.15) is 0 Å². The summed E-state index contributed by atoms with van der Waals surface area (Å²) in [5, 5.41) is 9.77. The molecular weight excluding hydrogens is 274 g/mol. The number of aromatic nitrogens is 1. The van der Waals surface area contributed by atoms with Crippen LogP contribution in [0, 0.1) is 0 Å². The zero-order valence-corrected chi connectivity index (χ0v) is 11.4. The third-order valence-electron chi connectivity index (χ3n) is 3.12. The van der Waals surface area contributed by atoms with Gasteiger partial charge in [0, 0.05) is 29.1 Å². The maximum atomic E-state index is 12.6. The van der Waals surface area contributed by atoms with Crippen LogP contribution in [0.5, 0.6) is 5.75 Å². The van der Waals surface area contributed by atoms with Crippen LogP contribution in [-0.2, 0) is 0 Å². The van der Waals surface area contributed by atoms with Crippen molar-refractivity contribution < 1.29 is 9.90 Å². The van der Waals surface area contributed by atoms with Gasteiger partial charge >= 0.3 is 0 Å². The number of nitrogens with zero attached hydrogens (tertiary/aromatic N) is 2. The topological polar surface area (TPSA) is 79.5 Å². The molecule has 0 atom stereocenters. The van der Waals surface area contributed by atoms with E-state index in [1.807, 2.05) is 12.1 Å². The van der Waals surface area contributed by atoms with Crippen molar-refractivity contribution in [2.75, 3.05) is 22.9 Å². The number of nitrogens with two attached hydrogens (primary N) is 1. The van der Waals surface area contributed by atoms with E-state index >= 15 is 0 Å². The first-order chi connectivity index (χ1) is 9.66. The number of anilines is 2. The molecule has 1 aromatic carbocycles. The van der Waals surface area contributed by atoms with Gasteiger partial charge in [0.1, 0.15) is 5.75 Å². The summed E-state index contributed by atoms with van der Waals surface area (Å²) in [6, 6.07) is 7.05. The van der Waals surface area contributed by atoms with E-state index in [0.717, 1.165) is 16.3 Å². The number of aromatic hydroxyl groups is 1. The molecule has 3 rings (SSSR count). The lowest BCUT2D eigenvalue weighted by Gasteiger charge is -2.29. The van der Waals surface area contributed by atoms with Crippen LogP contribution in [-0.4, -0.2) is 28.3 Å². The number of benzene rings is 1. The number of carbonyl (C=O) groups is 1. The highest BCUT2D eigenvalue weighted by atomic mass is 32.2. The van der Waals surface area contributed by atoms with Crippen LogP contribution in [0.1, 0.15) is 10.4 Å². The van der Waals surface area contributed by atoms with Gasteiger partial charge in [-0.25, -0.2) is 0 Å². The number of amides is 1. The molecule has 0 saturated carbocycles. The lowest BCUT2D eigenvalue weighted by molar-refractivity contribution is 0.0985. The van der Waals surface area contributed by atoms with Crippen molar-refractivity contribution in [3.63, 3.8) is 0 Å². The molecule has 2 aromatic rings. The summed E-state index contributed by atoms with van der Waals surface area (Å²) in [6.07, 6.45) is 2.76. The number of nitrogen functional groups attached to an aromatic ring is 1. The quantitative estimate of drug-likeness (QED) is 0.785. The van der Waals surface area contributed by atoms with Gasteiger partial charge in [-0.3, -0.25) is 9.78 Å². The zero-order chi connectivity index (χ0) is 14.1. The molecule has 5 nitrogen and oxygen atoms in total. The summed E-state index contributed by atoms with van der Waals surface area (Å²) in [5.74, 6) is 0.465. The number of pyridine rings is 1. The second kappa shape index (κ2) is 5.05. The van der Waals surface area contributed by atoms with Crippen LogP contribution in [0.15, 0.2) is 41.6 Å². The molecule has 6 heteroatoms. The first-order valence-electron chi connectivity index (χ1n) is 6.14. The smallest absolute Gasteiger partial charge is 0.262 e. The van der Waals surface area contributed by atoms with Gasteiger partial charge in [0.05, 0.1) is 17.4 Å². The minimum atomic E-state index is -0.239. The summed E-state index contributed by atoms with van der Waals surface area (Å²) in [6.45, 7) is 0.585. The number of carbonyl (C=O) groups excluding carboxylic acids is 1. The lowest BCUT2D eigenvalue weighted by atomic mass is 10.2. The van der Waals surface area contributed by atoms with Crippen molar-refractivity contribution in [1.29, 1.82) is 0 Å². The first-order valence-corrected chi connectivity index (χ1v) is 7.12. The van der Waals surface area contributed by atoms with Crippen LogP contribution in [0.2, 0.25) is 0 Å². The van der Waals surface area contributed by atoms with Crippen molar-refractivity contribution in [3.05, 3.63) is 42.2 Å². The average molecular weight is 287 g/mol. The van der Waals surface area contributed by atoms with Crippen LogP contribution in [0.4, 0.5) is 11.4 Å². The third kappa shape index (κ3) is 2.18. The molecular formula is C14H13N3O2S. The largest absolute Gasteiger partial charge is 0.505 e. The highest BCUT2D eigenvalue weighted by molar-refractivity contribution is 7.99. The Balaban J connectivity index is 2.03. The summed E-state index contributed by atoms with van der Waals surface area (Å²) >= 11 is 1.69. The molecule has 0 radical (unpaired) electrons. The molecule has 1 amide bonds. The number of fused-ring (bicyclic) bond motifs is 1. The zero-order valence-electron chi connectivity index (χ0n) is 10.6. The summed E-state index contributed by atoms with van der Waals surface area (Å²) in [7, 11) is 0. The second-order valence-corrected chi connectivity index (χ2v) is 5.56. The predicted molar refractivity (Wildman–Crippen MR) is 79.2 cm³/mol. The van der Waals surface area contributed by atoms with Gasteiger partial charge in [0.25, 0.3) is 5.91 Å². The highest BCUT2D eigenvalue weighted by Crippen LogP contribution is 2.37. The number of hydrogen-bond acceptors (Lipinski definition) is 5. The Morgan fingerprint density at radius 2 is 2.25 bits per heavy atom. The number of hydrogen-bond donors (Lipinski definition) is 2. The maximum absolute atomic E-state index is 12.6. The van der Waals surface area contributed by atoms with Crippen molar-refractivity contribution in [1.82, 2.24) is 4.98 Å². The molecule has 0 bridgehead atoms. The van der Waals surface area contributed by atoms with E-state index in [0.29, 0.717) is 12.2 Å². The van der Waals surface area contributed by atoms with Crippen molar-refractivity contribution >= 4 is 29.0 Å². The standard InChI is InChI=1S/C14H13N3O2S/c15-9-1-2-13-11(7-9)17(5-6-20-13)14(19)10-3-4-16-8-12(10)18/h1-4,7-8,18H,5-6,15H2. The molecule has 0 spiro atoms. The van der Waals surface area contributed by atoms with E-state index in [-0.39, 0.29) is 17.2 Å². The van der Waals surface area contributed by atoms with E-state index in [4.69, 9.17) is 5.73 Å². The van der Waals surface area contributed by atoms with Gasteiger partial charge in [-0.15, -0.1) is 11.8 Å². The van der Waals surface area contributed by atoms with Crippen LogP contribution in [0.3, 0.4) is 0 Å². The minimum Gasteiger partial charge on any atom is -0.505 e. The van der Waals surface area contributed by atoms with E-state index < -0.39 is 0 Å². The van der Waals surface area contributed by atoms with Crippen molar-refractivity contribution in [2.45, 2.75) is 4.90 Å². The van der Waals surface area contributed by atoms with Gasteiger partial charge in [0.2, 0.25) is 0 Å². The minimum absolute atomic E-state index is 0.110. The van der Waals surface area contributed by atoms with Crippen LogP contribution in [0.25, 0.3) is 0 Å². The van der Waals surface area contributed by atoms with Gasteiger partial charge < -0.3 is 15.7 Å².